The lowest BCUT2D eigenvalue weighted by Crippen LogP contribution is -2.37. The van der Waals surface area contributed by atoms with Gasteiger partial charge in [-0.3, -0.25) is 0 Å². The molecule has 106 valence electrons. The van der Waals surface area contributed by atoms with Gasteiger partial charge < -0.3 is 15.0 Å². The smallest absolute Gasteiger partial charge is 0.123 e. The first-order valence-electron chi connectivity index (χ1n) is 6.98. The van der Waals surface area contributed by atoms with Crippen LogP contribution in [0, 0.1) is 11.7 Å². The van der Waals surface area contributed by atoms with Crippen molar-refractivity contribution in [3.8, 4) is 0 Å². The second kappa shape index (κ2) is 7.46. The standard InChI is InChI=1S/C15H23FN2O/c1-19-12-13-6-9-18(10-7-13)11-8-17-15-4-2-14(16)3-5-15/h2-5,13,17H,6-12H2,1H3. The summed E-state index contributed by atoms with van der Waals surface area (Å²) in [6.07, 6.45) is 2.45. The molecule has 1 aromatic carbocycles. The van der Waals surface area contributed by atoms with Crippen molar-refractivity contribution in [1.82, 2.24) is 4.90 Å². The number of benzene rings is 1. The average molecular weight is 266 g/mol. The lowest BCUT2D eigenvalue weighted by Gasteiger charge is -2.31. The number of rotatable bonds is 6. The van der Waals surface area contributed by atoms with Gasteiger partial charge in [-0.15, -0.1) is 0 Å². The zero-order valence-electron chi connectivity index (χ0n) is 11.6. The number of ether oxygens (including phenoxy) is 1. The Balaban J connectivity index is 1.63. The molecule has 0 spiro atoms. The Labute approximate surface area is 114 Å². The number of anilines is 1. The van der Waals surface area contributed by atoms with Crippen LogP contribution in [0.3, 0.4) is 0 Å². The van der Waals surface area contributed by atoms with E-state index in [-0.39, 0.29) is 5.82 Å². The second-order valence-corrected chi connectivity index (χ2v) is 5.17. The number of hydrogen-bond acceptors (Lipinski definition) is 3. The van der Waals surface area contributed by atoms with Gasteiger partial charge in [0, 0.05) is 32.5 Å². The predicted molar refractivity (Wildman–Crippen MR) is 75.9 cm³/mol. The molecule has 1 heterocycles. The molecule has 1 N–H and O–H groups in total. The maximum atomic E-state index is 12.8. The molecule has 3 nitrogen and oxygen atoms in total. The molecule has 1 fully saturated rings. The van der Waals surface area contributed by atoms with Crippen LogP contribution < -0.4 is 5.32 Å². The fourth-order valence-electron chi connectivity index (χ4n) is 2.54. The van der Waals surface area contributed by atoms with Gasteiger partial charge in [0.2, 0.25) is 0 Å². The third-order valence-corrected chi connectivity index (χ3v) is 3.71. The van der Waals surface area contributed by atoms with E-state index < -0.39 is 0 Å². The van der Waals surface area contributed by atoms with Gasteiger partial charge >= 0.3 is 0 Å². The zero-order chi connectivity index (χ0) is 13.5. The van der Waals surface area contributed by atoms with E-state index in [0.717, 1.165) is 44.4 Å². The Bertz CT molecular complexity index is 361. The highest BCUT2D eigenvalue weighted by molar-refractivity contribution is 5.42. The molecule has 0 aliphatic carbocycles. The molecule has 0 radical (unpaired) electrons. The Hall–Kier alpha value is -1.13. The quantitative estimate of drug-likeness (QED) is 0.856. The summed E-state index contributed by atoms with van der Waals surface area (Å²) in [6.45, 7) is 5.14. The molecular formula is C15H23FN2O. The van der Waals surface area contributed by atoms with Gasteiger partial charge in [-0.1, -0.05) is 0 Å². The molecule has 0 bridgehead atoms. The highest BCUT2D eigenvalue weighted by Crippen LogP contribution is 2.17. The van der Waals surface area contributed by atoms with E-state index in [1.165, 1.54) is 25.0 Å². The first-order valence-corrected chi connectivity index (χ1v) is 6.98. The van der Waals surface area contributed by atoms with E-state index in [1.807, 2.05) is 0 Å². The normalized spacial score (nSPS) is 17.6. The van der Waals surface area contributed by atoms with Crippen molar-refractivity contribution >= 4 is 5.69 Å². The minimum absolute atomic E-state index is 0.189. The third-order valence-electron chi connectivity index (χ3n) is 3.71. The molecule has 0 amide bonds. The Morgan fingerprint density at radius 3 is 2.58 bits per heavy atom. The van der Waals surface area contributed by atoms with E-state index in [9.17, 15) is 4.39 Å². The predicted octanol–water partition coefficient (Wildman–Crippen LogP) is 2.60. The zero-order valence-corrected chi connectivity index (χ0v) is 11.6. The molecule has 1 aliphatic rings. The largest absolute Gasteiger partial charge is 0.384 e. The van der Waals surface area contributed by atoms with Crippen LogP contribution in [0.25, 0.3) is 0 Å². The van der Waals surface area contributed by atoms with Crippen molar-refractivity contribution in [2.45, 2.75) is 12.8 Å². The van der Waals surface area contributed by atoms with E-state index in [2.05, 4.69) is 10.2 Å². The fraction of sp³-hybridized carbons (Fsp3) is 0.600. The Kier molecular flexibility index (Phi) is 5.61. The highest BCUT2D eigenvalue weighted by atomic mass is 19.1. The molecule has 0 aromatic heterocycles. The van der Waals surface area contributed by atoms with Gasteiger partial charge in [-0.2, -0.15) is 0 Å². The minimum atomic E-state index is -0.189. The lowest BCUT2D eigenvalue weighted by atomic mass is 9.98. The van der Waals surface area contributed by atoms with Crippen LogP contribution in [0.4, 0.5) is 10.1 Å². The maximum Gasteiger partial charge on any atom is 0.123 e. The molecule has 19 heavy (non-hydrogen) atoms. The Morgan fingerprint density at radius 2 is 1.95 bits per heavy atom. The number of likely N-dealkylation sites (tertiary alicyclic amines) is 1. The summed E-state index contributed by atoms with van der Waals surface area (Å²) in [6, 6.07) is 6.53. The molecule has 1 aliphatic heterocycles. The van der Waals surface area contributed by atoms with Crippen molar-refractivity contribution in [2.24, 2.45) is 5.92 Å². The van der Waals surface area contributed by atoms with Gasteiger partial charge in [0.1, 0.15) is 5.82 Å². The lowest BCUT2D eigenvalue weighted by molar-refractivity contribution is 0.101. The van der Waals surface area contributed by atoms with E-state index in [1.54, 1.807) is 19.2 Å². The summed E-state index contributed by atoms with van der Waals surface area (Å²) in [4.78, 5) is 2.47. The van der Waals surface area contributed by atoms with Gasteiger partial charge in [0.15, 0.2) is 0 Å². The summed E-state index contributed by atoms with van der Waals surface area (Å²) < 4.78 is 18.0. The van der Waals surface area contributed by atoms with Gasteiger partial charge in [-0.25, -0.2) is 4.39 Å². The minimum Gasteiger partial charge on any atom is -0.384 e. The van der Waals surface area contributed by atoms with Crippen LogP contribution in [-0.4, -0.2) is 44.8 Å². The van der Waals surface area contributed by atoms with E-state index in [4.69, 9.17) is 4.74 Å². The number of nitrogens with zero attached hydrogens (tertiary/aromatic N) is 1. The number of nitrogens with one attached hydrogen (secondary N) is 1. The summed E-state index contributed by atoms with van der Waals surface area (Å²) in [5, 5.41) is 3.32. The molecular weight excluding hydrogens is 243 g/mol. The Morgan fingerprint density at radius 1 is 1.26 bits per heavy atom. The van der Waals surface area contributed by atoms with Crippen molar-refractivity contribution in [2.75, 3.05) is 45.2 Å². The third kappa shape index (κ3) is 4.80. The van der Waals surface area contributed by atoms with Crippen LogP contribution in [0.1, 0.15) is 12.8 Å². The number of halogens is 1. The van der Waals surface area contributed by atoms with Crippen molar-refractivity contribution < 1.29 is 9.13 Å². The highest BCUT2D eigenvalue weighted by Gasteiger charge is 2.18. The first-order chi connectivity index (χ1) is 9.28. The monoisotopic (exact) mass is 266 g/mol. The molecule has 2 rings (SSSR count). The summed E-state index contributed by atoms with van der Waals surface area (Å²) >= 11 is 0. The number of hydrogen-bond donors (Lipinski definition) is 1. The van der Waals surface area contributed by atoms with Gasteiger partial charge in [-0.05, 0) is 56.1 Å². The van der Waals surface area contributed by atoms with Crippen molar-refractivity contribution in [1.29, 1.82) is 0 Å². The summed E-state index contributed by atoms with van der Waals surface area (Å²) in [5.74, 6) is 0.539. The van der Waals surface area contributed by atoms with Crippen molar-refractivity contribution in [3.63, 3.8) is 0 Å². The molecule has 0 saturated carbocycles. The number of piperidine rings is 1. The average Bonchev–Trinajstić information content (AvgIpc) is 2.43. The molecule has 1 aromatic rings. The van der Waals surface area contributed by atoms with Crippen LogP contribution in [0.2, 0.25) is 0 Å². The van der Waals surface area contributed by atoms with Crippen LogP contribution in [-0.2, 0) is 4.74 Å². The second-order valence-electron chi connectivity index (χ2n) is 5.17. The molecule has 1 saturated heterocycles. The SMILES string of the molecule is COCC1CCN(CCNc2ccc(F)cc2)CC1. The van der Waals surface area contributed by atoms with Crippen LogP contribution in [0.5, 0.6) is 0 Å². The summed E-state index contributed by atoms with van der Waals surface area (Å²) in [7, 11) is 1.78. The topological polar surface area (TPSA) is 24.5 Å². The molecule has 4 heteroatoms. The summed E-state index contributed by atoms with van der Waals surface area (Å²) in [5.41, 5.74) is 0.982. The van der Waals surface area contributed by atoms with Crippen LogP contribution >= 0.6 is 0 Å². The molecule has 0 unspecified atom stereocenters. The maximum absolute atomic E-state index is 12.8. The van der Waals surface area contributed by atoms with E-state index in [0.29, 0.717) is 0 Å². The van der Waals surface area contributed by atoms with Gasteiger partial charge in [0.05, 0.1) is 0 Å². The molecule has 0 atom stereocenters. The van der Waals surface area contributed by atoms with Crippen molar-refractivity contribution in [3.05, 3.63) is 30.1 Å². The fourth-order valence-corrected chi connectivity index (χ4v) is 2.54. The van der Waals surface area contributed by atoms with E-state index >= 15 is 0 Å². The van der Waals surface area contributed by atoms with Gasteiger partial charge in [0.25, 0.3) is 0 Å². The number of methoxy groups -OCH3 is 1. The first kappa shape index (κ1) is 14.3. The van der Waals surface area contributed by atoms with Crippen LogP contribution in [0.15, 0.2) is 24.3 Å².